The van der Waals surface area contributed by atoms with E-state index in [0.29, 0.717) is 13.0 Å². The van der Waals surface area contributed by atoms with Crippen LogP contribution in [0.25, 0.3) is 0 Å². The highest BCUT2D eigenvalue weighted by molar-refractivity contribution is 7.09. The summed E-state index contributed by atoms with van der Waals surface area (Å²) in [6, 6.07) is 8.06. The van der Waals surface area contributed by atoms with Gasteiger partial charge in [0.05, 0.1) is 13.7 Å². The quantitative estimate of drug-likeness (QED) is 0.817. The molecule has 1 aromatic heterocycles. The molecule has 0 aliphatic carbocycles. The van der Waals surface area contributed by atoms with Crippen molar-refractivity contribution >= 4 is 17.3 Å². The molecule has 0 bridgehead atoms. The minimum absolute atomic E-state index is 0.169. The number of methoxy groups -OCH3 is 1. The maximum absolute atomic E-state index is 12.1. The van der Waals surface area contributed by atoms with Crippen LogP contribution in [0.4, 0.5) is 0 Å². The zero-order chi connectivity index (χ0) is 14.8. The second-order valence-corrected chi connectivity index (χ2v) is 6.24. The molecule has 1 unspecified atom stereocenters. The Hall–Kier alpha value is -1.72. The van der Waals surface area contributed by atoms with Crippen molar-refractivity contribution in [3.8, 4) is 0 Å². The Morgan fingerprint density at radius 2 is 2.19 bits per heavy atom. The third kappa shape index (κ3) is 2.99. The molecule has 5 heteroatoms. The zero-order valence-electron chi connectivity index (χ0n) is 12.2. The van der Waals surface area contributed by atoms with Crippen molar-refractivity contribution in [1.29, 1.82) is 0 Å². The minimum Gasteiger partial charge on any atom is -0.468 e. The molecule has 0 saturated carbocycles. The molecule has 1 aliphatic rings. The van der Waals surface area contributed by atoms with Crippen LogP contribution >= 0.6 is 11.3 Å². The number of fused-ring (bicyclic) bond motifs is 1. The average molecular weight is 302 g/mol. The summed E-state index contributed by atoms with van der Waals surface area (Å²) < 4.78 is 4.98. The fraction of sp³-hybridized carbons (Fsp3) is 0.375. The fourth-order valence-electron chi connectivity index (χ4n) is 2.76. The molecular formula is C16H18N2O2S. The standard InChI is InChI=1S/C16H18N2O2S/c1-11-10-21-15(17-11)9-18-8-13-6-4-3-5-12(13)7-14(18)16(19)20-2/h3-6,10,14H,7-9H2,1-2H3. The predicted molar refractivity (Wildman–Crippen MR) is 82.0 cm³/mol. The summed E-state index contributed by atoms with van der Waals surface area (Å²) in [5.41, 5.74) is 3.55. The Morgan fingerprint density at radius 1 is 1.43 bits per heavy atom. The summed E-state index contributed by atoms with van der Waals surface area (Å²) in [5, 5.41) is 3.08. The Bertz CT molecular complexity index is 653. The molecular weight excluding hydrogens is 284 g/mol. The monoisotopic (exact) mass is 302 g/mol. The molecule has 3 rings (SSSR count). The Kier molecular flexibility index (Phi) is 4.03. The van der Waals surface area contributed by atoms with Gasteiger partial charge in [0.15, 0.2) is 0 Å². The number of hydrogen-bond donors (Lipinski definition) is 0. The SMILES string of the molecule is COC(=O)C1Cc2ccccc2CN1Cc1nc(C)cs1. The average Bonchev–Trinajstić information content (AvgIpc) is 2.91. The van der Waals surface area contributed by atoms with Gasteiger partial charge < -0.3 is 4.74 Å². The number of hydrogen-bond acceptors (Lipinski definition) is 5. The van der Waals surface area contributed by atoms with Gasteiger partial charge in [0, 0.05) is 17.6 Å². The van der Waals surface area contributed by atoms with E-state index < -0.39 is 0 Å². The number of aromatic nitrogens is 1. The van der Waals surface area contributed by atoms with Gasteiger partial charge in [-0.15, -0.1) is 11.3 Å². The number of ether oxygens (including phenoxy) is 1. The molecule has 0 fully saturated rings. The normalized spacial score (nSPS) is 18.3. The molecule has 4 nitrogen and oxygen atoms in total. The van der Waals surface area contributed by atoms with E-state index in [0.717, 1.165) is 17.2 Å². The van der Waals surface area contributed by atoms with Crippen LogP contribution in [0.3, 0.4) is 0 Å². The second kappa shape index (κ2) is 5.95. The molecule has 2 heterocycles. The van der Waals surface area contributed by atoms with Crippen LogP contribution in [-0.4, -0.2) is 29.0 Å². The van der Waals surface area contributed by atoms with Crippen molar-refractivity contribution < 1.29 is 9.53 Å². The highest BCUT2D eigenvalue weighted by Gasteiger charge is 2.32. The summed E-state index contributed by atoms with van der Waals surface area (Å²) in [6.07, 6.45) is 0.702. The van der Waals surface area contributed by atoms with Crippen molar-refractivity contribution in [2.75, 3.05) is 7.11 Å². The molecule has 2 aromatic rings. The molecule has 0 spiro atoms. The molecule has 1 aromatic carbocycles. The first-order valence-corrected chi connectivity index (χ1v) is 7.85. The maximum Gasteiger partial charge on any atom is 0.323 e. The first-order valence-electron chi connectivity index (χ1n) is 6.97. The Labute approximate surface area is 128 Å². The van der Waals surface area contributed by atoms with E-state index >= 15 is 0 Å². The van der Waals surface area contributed by atoms with Gasteiger partial charge in [-0.3, -0.25) is 9.69 Å². The molecule has 21 heavy (non-hydrogen) atoms. The van der Waals surface area contributed by atoms with Crippen LogP contribution in [0.1, 0.15) is 21.8 Å². The minimum atomic E-state index is -0.228. The van der Waals surface area contributed by atoms with E-state index in [4.69, 9.17) is 4.74 Å². The lowest BCUT2D eigenvalue weighted by Crippen LogP contribution is -2.45. The number of carbonyl (C=O) groups excluding carboxylic acids is 1. The van der Waals surface area contributed by atoms with Crippen LogP contribution in [0, 0.1) is 6.92 Å². The molecule has 1 aliphatic heterocycles. The van der Waals surface area contributed by atoms with Gasteiger partial charge in [0.1, 0.15) is 11.0 Å². The summed E-state index contributed by atoms with van der Waals surface area (Å²) in [7, 11) is 1.45. The first-order chi connectivity index (χ1) is 10.2. The number of carbonyl (C=O) groups is 1. The third-order valence-electron chi connectivity index (χ3n) is 3.82. The summed E-state index contributed by atoms with van der Waals surface area (Å²) >= 11 is 1.64. The van der Waals surface area contributed by atoms with Gasteiger partial charge >= 0.3 is 5.97 Å². The lowest BCUT2D eigenvalue weighted by molar-refractivity contribution is -0.147. The van der Waals surface area contributed by atoms with Crippen molar-refractivity contribution in [2.45, 2.75) is 32.5 Å². The van der Waals surface area contributed by atoms with Gasteiger partial charge in [-0.25, -0.2) is 4.98 Å². The topological polar surface area (TPSA) is 42.4 Å². The van der Waals surface area contributed by atoms with Crippen molar-refractivity contribution in [1.82, 2.24) is 9.88 Å². The van der Waals surface area contributed by atoms with Crippen LogP contribution in [0.15, 0.2) is 29.6 Å². The van der Waals surface area contributed by atoms with Gasteiger partial charge in [-0.05, 0) is 24.5 Å². The van der Waals surface area contributed by atoms with Gasteiger partial charge in [-0.1, -0.05) is 24.3 Å². The number of thiazole rings is 1. The van der Waals surface area contributed by atoms with E-state index in [2.05, 4.69) is 22.0 Å². The van der Waals surface area contributed by atoms with Crippen molar-refractivity contribution in [3.63, 3.8) is 0 Å². The van der Waals surface area contributed by atoms with Crippen molar-refractivity contribution in [3.05, 3.63) is 51.5 Å². The molecule has 0 saturated heterocycles. The lowest BCUT2D eigenvalue weighted by atomic mass is 9.94. The van der Waals surface area contributed by atoms with Gasteiger partial charge in [0.2, 0.25) is 0 Å². The van der Waals surface area contributed by atoms with Crippen LogP contribution in [0.5, 0.6) is 0 Å². The molecule has 110 valence electrons. The number of benzene rings is 1. The van der Waals surface area contributed by atoms with Gasteiger partial charge in [0.25, 0.3) is 0 Å². The van der Waals surface area contributed by atoms with E-state index in [-0.39, 0.29) is 12.0 Å². The molecule has 1 atom stereocenters. The number of aryl methyl sites for hydroxylation is 1. The number of nitrogens with zero attached hydrogens (tertiary/aromatic N) is 2. The highest BCUT2D eigenvalue weighted by atomic mass is 32.1. The lowest BCUT2D eigenvalue weighted by Gasteiger charge is -2.34. The molecule has 0 amide bonds. The van der Waals surface area contributed by atoms with Crippen LogP contribution < -0.4 is 0 Å². The van der Waals surface area contributed by atoms with E-state index in [1.807, 2.05) is 24.4 Å². The molecule has 0 radical (unpaired) electrons. The predicted octanol–water partition coefficient (Wildman–Crippen LogP) is 2.55. The summed E-state index contributed by atoms with van der Waals surface area (Å²) in [6.45, 7) is 3.43. The Balaban J connectivity index is 1.87. The van der Waals surface area contributed by atoms with Crippen LogP contribution in [0.2, 0.25) is 0 Å². The molecule has 0 N–H and O–H groups in total. The fourth-order valence-corrected chi connectivity index (χ4v) is 3.56. The van der Waals surface area contributed by atoms with E-state index in [1.165, 1.54) is 18.2 Å². The second-order valence-electron chi connectivity index (χ2n) is 5.30. The zero-order valence-corrected chi connectivity index (χ0v) is 13.0. The smallest absolute Gasteiger partial charge is 0.323 e. The maximum atomic E-state index is 12.1. The third-order valence-corrected chi connectivity index (χ3v) is 4.78. The number of rotatable bonds is 3. The largest absolute Gasteiger partial charge is 0.468 e. The Morgan fingerprint density at radius 3 is 2.86 bits per heavy atom. The van der Waals surface area contributed by atoms with E-state index in [1.54, 1.807) is 11.3 Å². The van der Waals surface area contributed by atoms with Crippen molar-refractivity contribution in [2.24, 2.45) is 0 Å². The van der Waals surface area contributed by atoms with Crippen LogP contribution in [-0.2, 0) is 29.0 Å². The first kappa shape index (κ1) is 14.2. The highest BCUT2D eigenvalue weighted by Crippen LogP contribution is 2.26. The summed E-state index contributed by atoms with van der Waals surface area (Å²) in [4.78, 5) is 18.8. The number of esters is 1. The van der Waals surface area contributed by atoms with Gasteiger partial charge in [-0.2, -0.15) is 0 Å². The van der Waals surface area contributed by atoms with E-state index in [9.17, 15) is 4.79 Å². The summed E-state index contributed by atoms with van der Waals surface area (Å²) in [5.74, 6) is -0.169.